The summed E-state index contributed by atoms with van der Waals surface area (Å²) in [6, 6.07) is 3.76. The topological polar surface area (TPSA) is 107 Å². The smallest absolute Gasteiger partial charge is 0.273 e. The van der Waals surface area contributed by atoms with E-state index in [1.54, 1.807) is 6.92 Å². The highest BCUT2D eigenvalue weighted by Crippen LogP contribution is 2.30. The van der Waals surface area contributed by atoms with E-state index in [1.807, 2.05) is 6.92 Å². The van der Waals surface area contributed by atoms with Crippen LogP contribution in [0.25, 0.3) is 0 Å². The van der Waals surface area contributed by atoms with E-state index < -0.39 is 14.9 Å². The van der Waals surface area contributed by atoms with E-state index in [4.69, 9.17) is 5.73 Å². The van der Waals surface area contributed by atoms with Crippen molar-refractivity contribution in [3.05, 3.63) is 33.9 Å². The number of nitro groups is 1. The molecule has 7 nitrogen and oxygen atoms in total. The van der Waals surface area contributed by atoms with Gasteiger partial charge in [-0.2, -0.15) is 4.31 Å². The van der Waals surface area contributed by atoms with Gasteiger partial charge >= 0.3 is 0 Å². The Bertz CT molecular complexity index is 681. The molecule has 23 heavy (non-hydrogen) atoms. The second-order valence-corrected chi connectivity index (χ2v) is 7.63. The Balaban J connectivity index is 0.00000264. The van der Waals surface area contributed by atoms with Crippen LogP contribution in [-0.2, 0) is 10.0 Å². The van der Waals surface area contributed by atoms with Crippen LogP contribution < -0.4 is 5.73 Å². The average Bonchev–Trinajstić information content (AvgIpc) is 2.46. The fraction of sp³-hybridized carbons (Fsp3) is 0.571. The van der Waals surface area contributed by atoms with Crippen LogP contribution in [0.2, 0.25) is 0 Å². The van der Waals surface area contributed by atoms with Crippen LogP contribution in [-0.4, -0.2) is 36.8 Å². The molecule has 1 aliphatic rings. The summed E-state index contributed by atoms with van der Waals surface area (Å²) < 4.78 is 27.1. The van der Waals surface area contributed by atoms with Gasteiger partial charge in [0.15, 0.2) is 0 Å². The zero-order valence-corrected chi connectivity index (χ0v) is 14.8. The molecule has 2 rings (SSSR count). The van der Waals surface area contributed by atoms with Gasteiger partial charge in [0.25, 0.3) is 5.69 Å². The van der Waals surface area contributed by atoms with Gasteiger partial charge in [-0.25, -0.2) is 8.42 Å². The van der Waals surface area contributed by atoms with Gasteiger partial charge in [-0.3, -0.25) is 10.1 Å². The molecule has 2 N–H and O–H groups in total. The Morgan fingerprint density at radius 3 is 2.65 bits per heavy atom. The van der Waals surface area contributed by atoms with Crippen molar-refractivity contribution in [1.82, 2.24) is 4.31 Å². The maximum absolute atomic E-state index is 12.8. The molecular formula is C14H22ClN3O4S. The van der Waals surface area contributed by atoms with Crippen LogP contribution in [0, 0.1) is 23.0 Å². The molecule has 0 aromatic heterocycles. The Morgan fingerprint density at radius 2 is 2.09 bits per heavy atom. The number of sulfonamides is 1. The summed E-state index contributed by atoms with van der Waals surface area (Å²) in [6.07, 6.45) is 1.70. The minimum absolute atomic E-state index is 0. The monoisotopic (exact) mass is 363 g/mol. The number of nitro benzene ring substituents is 1. The SMILES string of the molecule is Cc1ccc(S(=O)(=O)N2CCCC(C)C2CN)cc1[N+](=O)[O-].Cl. The summed E-state index contributed by atoms with van der Waals surface area (Å²) in [7, 11) is -3.78. The van der Waals surface area contributed by atoms with Gasteiger partial charge in [-0.15, -0.1) is 12.4 Å². The normalized spacial score (nSPS) is 22.4. The molecule has 1 heterocycles. The van der Waals surface area contributed by atoms with E-state index >= 15 is 0 Å². The van der Waals surface area contributed by atoms with E-state index in [9.17, 15) is 18.5 Å². The zero-order valence-electron chi connectivity index (χ0n) is 13.1. The molecule has 0 aliphatic carbocycles. The number of benzene rings is 1. The maximum atomic E-state index is 12.8. The number of rotatable bonds is 4. The molecule has 0 spiro atoms. The highest BCUT2D eigenvalue weighted by molar-refractivity contribution is 7.89. The summed E-state index contributed by atoms with van der Waals surface area (Å²) in [5, 5.41) is 11.0. The summed E-state index contributed by atoms with van der Waals surface area (Å²) in [6.45, 7) is 4.21. The number of nitrogens with zero attached hydrogens (tertiary/aromatic N) is 2. The van der Waals surface area contributed by atoms with Gasteiger partial charge in [0, 0.05) is 30.8 Å². The van der Waals surface area contributed by atoms with Crippen molar-refractivity contribution in [2.24, 2.45) is 11.7 Å². The number of nitrogens with two attached hydrogens (primary N) is 1. The fourth-order valence-electron chi connectivity index (χ4n) is 2.94. The van der Waals surface area contributed by atoms with Gasteiger partial charge in [-0.1, -0.05) is 13.0 Å². The second-order valence-electron chi connectivity index (χ2n) is 5.74. The van der Waals surface area contributed by atoms with Gasteiger partial charge in [0.05, 0.1) is 9.82 Å². The molecule has 1 saturated heterocycles. The fourth-order valence-corrected chi connectivity index (χ4v) is 4.73. The summed E-state index contributed by atoms with van der Waals surface area (Å²) in [5.41, 5.74) is 6.00. The van der Waals surface area contributed by atoms with Crippen LogP contribution >= 0.6 is 12.4 Å². The quantitative estimate of drug-likeness (QED) is 0.651. The number of hydrogen-bond acceptors (Lipinski definition) is 5. The van der Waals surface area contributed by atoms with Crippen LogP contribution in [0.3, 0.4) is 0 Å². The van der Waals surface area contributed by atoms with E-state index in [2.05, 4.69) is 0 Å². The molecule has 2 unspecified atom stereocenters. The molecule has 0 saturated carbocycles. The highest BCUT2D eigenvalue weighted by Gasteiger charge is 2.37. The van der Waals surface area contributed by atoms with Crippen molar-refractivity contribution in [1.29, 1.82) is 0 Å². The van der Waals surface area contributed by atoms with E-state index in [0.717, 1.165) is 18.9 Å². The van der Waals surface area contributed by atoms with Crippen molar-refractivity contribution >= 4 is 28.1 Å². The average molecular weight is 364 g/mol. The van der Waals surface area contributed by atoms with Gasteiger partial charge in [0.2, 0.25) is 10.0 Å². The molecular weight excluding hydrogens is 342 g/mol. The number of aryl methyl sites for hydroxylation is 1. The minimum Gasteiger partial charge on any atom is -0.329 e. The van der Waals surface area contributed by atoms with Gasteiger partial charge in [0.1, 0.15) is 0 Å². The Morgan fingerprint density at radius 1 is 1.43 bits per heavy atom. The lowest BCUT2D eigenvalue weighted by atomic mass is 9.93. The summed E-state index contributed by atoms with van der Waals surface area (Å²) >= 11 is 0. The highest BCUT2D eigenvalue weighted by atomic mass is 35.5. The van der Waals surface area contributed by atoms with Crippen LogP contribution in [0.1, 0.15) is 25.3 Å². The van der Waals surface area contributed by atoms with E-state index in [-0.39, 0.29) is 41.5 Å². The number of piperidine rings is 1. The van der Waals surface area contributed by atoms with Crippen molar-refractivity contribution in [3.63, 3.8) is 0 Å². The standard InChI is InChI=1S/C14H21N3O4S.ClH/c1-10-4-3-7-16(14(10)9-15)22(20,21)12-6-5-11(2)13(8-12)17(18)19;/h5-6,8,10,14H,3-4,7,9,15H2,1-2H3;1H. The summed E-state index contributed by atoms with van der Waals surface area (Å²) in [4.78, 5) is 10.4. The Hall–Kier alpha value is -1.22. The molecule has 0 radical (unpaired) electrons. The third kappa shape index (κ3) is 3.82. The summed E-state index contributed by atoms with van der Waals surface area (Å²) in [5.74, 6) is 0.175. The molecule has 2 atom stereocenters. The minimum atomic E-state index is -3.78. The molecule has 130 valence electrons. The predicted octanol–water partition coefficient (Wildman–Crippen LogP) is 2.07. The lowest BCUT2D eigenvalue weighted by molar-refractivity contribution is -0.385. The first-order chi connectivity index (χ1) is 10.3. The lowest BCUT2D eigenvalue weighted by Crippen LogP contribution is -2.51. The van der Waals surface area contributed by atoms with Crippen molar-refractivity contribution in [2.45, 2.75) is 37.6 Å². The zero-order chi connectivity index (χ0) is 16.5. The van der Waals surface area contributed by atoms with Crippen molar-refractivity contribution in [3.8, 4) is 0 Å². The third-order valence-corrected chi connectivity index (χ3v) is 6.21. The van der Waals surface area contributed by atoms with E-state index in [1.165, 1.54) is 16.4 Å². The Labute approximate surface area is 142 Å². The first-order valence-corrected chi connectivity index (χ1v) is 8.70. The molecule has 9 heteroatoms. The van der Waals surface area contributed by atoms with Crippen LogP contribution in [0.15, 0.2) is 23.1 Å². The molecule has 1 aromatic carbocycles. The molecule has 1 aliphatic heterocycles. The molecule has 0 amide bonds. The van der Waals surface area contributed by atoms with E-state index in [0.29, 0.717) is 12.1 Å². The second kappa shape index (κ2) is 7.57. The van der Waals surface area contributed by atoms with Crippen LogP contribution in [0.4, 0.5) is 5.69 Å². The Kier molecular flexibility index (Phi) is 6.52. The van der Waals surface area contributed by atoms with Gasteiger partial charge < -0.3 is 5.73 Å². The van der Waals surface area contributed by atoms with Gasteiger partial charge in [-0.05, 0) is 31.7 Å². The molecule has 1 fully saturated rings. The molecule has 1 aromatic rings. The van der Waals surface area contributed by atoms with Crippen molar-refractivity contribution in [2.75, 3.05) is 13.1 Å². The number of halogens is 1. The predicted molar refractivity (Wildman–Crippen MR) is 90.2 cm³/mol. The third-order valence-electron chi connectivity index (χ3n) is 4.29. The maximum Gasteiger partial charge on any atom is 0.273 e. The number of hydrogen-bond donors (Lipinski definition) is 1. The first-order valence-electron chi connectivity index (χ1n) is 7.26. The lowest BCUT2D eigenvalue weighted by Gasteiger charge is -2.38. The first kappa shape index (κ1) is 19.8. The van der Waals surface area contributed by atoms with Crippen molar-refractivity contribution < 1.29 is 13.3 Å². The molecule has 0 bridgehead atoms. The largest absolute Gasteiger partial charge is 0.329 e. The van der Waals surface area contributed by atoms with Crippen LogP contribution in [0.5, 0.6) is 0 Å².